The molecule has 0 atom stereocenters. The van der Waals surface area contributed by atoms with Crippen molar-refractivity contribution < 1.29 is 32.2 Å². The highest BCUT2D eigenvalue weighted by Crippen LogP contribution is 2.26. The van der Waals surface area contributed by atoms with Crippen LogP contribution >= 0.6 is 0 Å². The largest absolute Gasteiger partial charge is 0.471 e. The van der Waals surface area contributed by atoms with Crippen molar-refractivity contribution in [3.05, 3.63) is 106 Å². The molecule has 0 unspecified atom stereocenters. The second-order valence-electron chi connectivity index (χ2n) is 9.40. The molecule has 0 saturated heterocycles. The van der Waals surface area contributed by atoms with E-state index in [0.717, 1.165) is 12.3 Å². The van der Waals surface area contributed by atoms with Crippen molar-refractivity contribution in [2.45, 2.75) is 19.6 Å². The molecule has 218 valence electrons. The Labute approximate surface area is 244 Å². The molecule has 0 aliphatic heterocycles. The molecule has 0 amide bonds. The van der Waals surface area contributed by atoms with Crippen LogP contribution in [0.5, 0.6) is 5.88 Å². The smallest absolute Gasteiger partial charge is 0.337 e. The minimum absolute atomic E-state index is 0.00447. The monoisotopic (exact) mass is 587 g/mol. The molecule has 0 radical (unpaired) electrons. The number of benzene rings is 3. The van der Waals surface area contributed by atoms with Gasteiger partial charge in [0.25, 0.3) is 5.88 Å². The van der Waals surface area contributed by atoms with Gasteiger partial charge in [-0.05, 0) is 42.0 Å². The number of carbonyl (C=O) groups is 1. The zero-order chi connectivity index (χ0) is 30.5. The first-order valence-electron chi connectivity index (χ1n) is 13.0. The lowest BCUT2D eigenvalue weighted by Gasteiger charge is -2.11. The van der Waals surface area contributed by atoms with E-state index in [2.05, 4.69) is 15.0 Å². The maximum Gasteiger partial charge on any atom is 0.337 e. The van der Waals surface area contributed by atoms with E-state index < -0.39 is 29.3 Å². The predicted molar refractivity (Wildman–Crippen MR) is 149 cm³/mol. The number of methoxy groups -OCH3 is 2. The zero-order valence-electron chi connectivity index (χ0n) is 23.1. The van der Waals surface area contributed by atoms with Crippen LogP contribution in [-0.4, -0.2) is 46.3 Å². The lowest BCUT2D eigenvalue weighted by molar-refractivity contribution is 0.0601. The summed E-state index contributed by atoms with van der Waals surface area (Å²) >= 11 is 0. The van der Waals surface area contributed by atoms with Crippen molar-refractivity contribution in [3.8, 4) is 23.3 Å². The highest BCUT2D eigenvalue weighted by Gasteiger charge is 2.18. The molecule has 9 nitrogen and oxygen atoms in total. The average Bonchev–Trinajstić information content (AvgIpc) is 3.36. The first kappa shape index (κ1) is 29.2. The third-order valence-electron chi connectivity index (χ3n) is 6.69. The fourth-order valence-electron chi connectivity index (χ4n) is 4.46. The Hall–Kier alpha value is -5.28. The van der Waals surface area contributed by atoms with Gasteiger partial charge in [-0.25, -0.2) is 23.5 Å². The Kier molecular flexibility index (Phi) is 8.64. The van der Waals surface area contributed by atoms with Crippen molar-refractivity contribution in [3.63, 3.8) is 0 Å². The molecule has 12 heteroatoms. The summed E-state index contributed by atoms with van der Waals surface area (Å²) in [6, 6.07) is 15.0. The van der Waals surface area contributed by atoms with Gasteiger partial charge in [-0.15, -0.1) is 0 Å². The van der Waals surface area contributed by atoms with Crippen molar-refractivity contribution >= 4 is 17.0 Å². The molecule has 0 N–H and O–H groups in total. The lowest BCUT2D eigenvalue weighted by Crippen LogP contribution is -2.10. The molecule has 0 aliphatic carbocycles. The second-order valence-corrected chi connectivity index (χ2v) is 9.40. The number of halogens is 3. The normalized spacial score (nSPS) is 11.0. The van der Waals surface area contributed by atoms with Crippen LogP contribution in [-0.2, 0) is 29.0 Å². The van der Waals surface area contributed by atoms with Gasteiger partial charge in [0.15, 0.2) is 5.82 Å². The molecular weight excluding hydrogens is 563 g/mol. The molecule has 2 heterocycles. The topological polar surface area (TPSA) is 112 Å². The number of hydrogen-bond donors (Lipinski definition) is 0. The van der Waals surface area contributed by atoms with Gasteiger partial charge in [-0.1, -0.05) is 18.2 Å². The number of imidazole rings is 1. The van der Waals surface area contributed by atoms with Crippen LogP contribution in [0.15, 0.2) is 60.8 Å². The van der Waals surface area contributed by atoms with Crippen LogP contribution in [0.3, 0.4) is 0 Å². The molecule has 0 aliphatic rings. The minimum atomic E-state index is -0.875. The minimum Gasteiger partial charge on any atom is -0.471 e. The quantitative estimate of drug-likeness (QED) is 0.200. The number of esters is 1. The van der Waals surface area contributed by atoms with Gasteiger partial charge in [0.1, 0.15) is 24.1 Å². The molecule has 2 aromatic heterocycles. The Balaban J connectivity index is 1.39. The summed E-state index contributed by atoms with van der Waals surface area (Å²) in [5.41, 5.74) is 2.52. The summed E-state index contributed by atoms with van der Waals surface area (Å²) in [6.45, 7) is 0.446. The number of fused-ring (bicyclic) bond motifs is 1. The molecule has 3 aromatic carbocycles. The first-order valence-corrected chi connectivity index (χ1v) is 13.0. The van der Waals surface area contributed by atoms with E-state index in [9.17, 15) is 13.6 Å². The molecule has 0 saturated carbocycles. The van der Waals surface area contributed by atoms with Gasteiger partial charge in [0, 0.05) is 31.2 Å². The number of rotatable bonds is 10. The molecule has 0 fully saturated rings. The van der Waals surface area contributed by atoms with Crippen molar-refractivity contribution in [1.82, 2.24) is 19.5 Å². The van der Waals surface area contributed by atoms with Gasteiger partial charge in [0.2, 0.25) is 5.82 Å². The molecule has 5 rings (SSSR count). The van der Waals surface area contributed by atoms with E-state index in [1.807, 2.05) is 10.6 Å². The van der Waals surface area contributed by atoms with Crippen LogP contribution in [0.1, 0.15) is 32.9 Å². The molecule has 0 spiro atoms. The Morgan fingerprint density at radius 3 is 2.47 bits per heavy atom. The Bertz CT molecular complexity index is 1870. The summed E-state index contributed by atoms with van der Waals surface area (Å²) in [5.74, 6) is -2.47. The van der Waals surface area contributed by atoms with Crippen LogP contribution in [0.25, 0.3) is 22.4 Å². The standard InChI is InChI=1S/C31H24F3N5O4/c1-41-10-9-39-27-13-21(31(40)42-2)7-8-26(27)37-28(39)14-19-5-6-20(12-24(19)33)29-36-16-25(34)30(38-29)43-17-22-4-3-18(15-35)11-23(22)32/h3-8,11-13,16H,9-10,14,17H2,1-2H3. The predicted octanol–water partition coefficient (Wildman–Crippen LogP) is 5.39. The number of ether oxygens (including phenoxy) is 3. The van der Waals surface area contributed by atoms with Gasteiger partial charge >= 0.3 is 5.97 Å². The summed E-state index contributed by atoms with van der Waals surface area (Å²) in [6.07, 6.45) is 1.02. The maximum absolute atomic E-state index is 15.4. The van der Waals surface area contributed by atoms with Crippen molar-refractivity contribution in [2.75, 3.05) is 20.8 Å². The number of carbonyl (C=O) groups excluding carboxylic acids is 1. The van der Waals surface area contributed by atoms with Gasteiger partial charge < -0.3 is 18.8 Å². The van der Waals surface area contributed by atoms with E-state index in [1.54, 1.807) is 37.4 Å². The number of hydrogen-bond acceptors (Lipinski definition) is 8. The fraction of sp³-hybridized carbons (Fsp3) is 0.194. The van der Waals surface area contributed by atoms with Crippen LogP contribution < -0.4 is 4.74 Å². The molecular formula is C31H24F3N5O4. The maximum atomic E-state index is 15.4. The summed E-state index contributed by atoms with van der Waals surface area (Å²) in [7, 11) is 2.87. The van der Waals surface area contributed by atoms with Crippen molar-refractivity contribution in [2.24, 2.45) is 0 Å². The highest BCUT2D eigenvalue weighted by molar-refractivity contribution is 5.93. The van der Waals surface area contributed by atoms with Gasteiger partial charge in [0.05, 0.1) is 48.1 Å². The number of aromatic nitrogens is 4. The zero-order valence-corrected chi connectivity index (χ0v) is 23.1. The SMILES string of the molecule is COCCn1c(Cc2ccc(-c3ncc(F)c(OCc4ccc(C#N)cc4F)n3)cc2F)nc2ccc(C(=O)OC)cc21. The Morgan fingerprint density at radius 2 is 1.74 bits per heavy atom. The Morgan fingerprint density at radius 1 is 0.953 bits per heavy atom. The number of nitriles is 1. The van der Waals surface area contributed by atoms with Crippen LogP contribution in [0.4, 0.5) is 13.2 Å². The van der Waals surface area contributed by atoms with E-state index in [1.165, 1.54) is 25.3 Å². The van der Waals surface area contributed by atoms with Crippen LogP contribution in [0, 0.1) is 28.8 Å². The first-order chi connectivity index (χ1) is 20.8. The van der Waals surface area contributed by atoms with E-state index in [-0.39, 0.29) is 35.5 Å². The summed E-state index contributed by atoms with van der Waals surface area (Å²) in [4.78, 5) is 24.7. The third kappa shape index (κ3) is 6.32. The summed E-state index contributed by atoms with van der Waals surface area (Å²) < 4.78 is 61.3. The number of nitrogens with zero attached hydrogens (tertiary/aromatic N) is 5. The fourth-order valence-corrected chi connectivity index (χ4v) is 4.46. The van der Waals surface area contributed by atoms with E-state index >= 15 is 4.39 Å². The summed E-state index contributed by atoms with van der Waals surface area (Å²) in [5, 5.41) is 8.89. The average molecular weight is 588 g/mol. The molecule has 5 aromatic rings. The molecule has 0 bridgehead atoms. The van der Waals surface area contributed by atoms with E-state index in [4.69, 9.17) is 19.5 Å². The van der Waals surface area contributed by atoms with E-state index in [0.29, 0.717) is 41.1 Å². The molecule has 43 heavy (non-hydrogen) atoms. The van der Waals surface area contributed by atoms with Crippen molar-refractivity contribution in [1.29, 1.82) is 5.26 Å². The highest BCUT2D eigenvalue weighted by atomic mass is 19.1. The van der Waals surface area contributed by atoms with Crippen LogP contribution in [0.2, 0.25) is 0 Å². The van der Waals surface area contributed by atoms with Gasteiger partial charge in [-0.3, -0.25) is 0 Å². The van der Waals surface area contributed by atoms with Gasteiger partial charge in [-0.2, -0.15) is 14.6 Å². The lowest BCUT2D eigenvalue weighted by atomic mass is 10.1. The second kappa shape index (κ2) is 12.7. The third-order valence-corrected chi connectivity index (χ3v) is 6.69.